The van der Waals surface area contributed by atoms with Crippen molar-refractivity contribution in [3.63, 3.8) is 0 Å². The Morgan fingerprint density at radius 1 is 0.929 bits per heavy atom. The molecule has 0 atom stereocenters. The van der Waals surface area contributed by atoms with Gasteiger partial charge in [0.15, 0.2) is 11.6 Å². The van der Waals surface area contributed by atoms with Gasteiger partial charge in [0.2, 0.25) is 5.95 Å². The lowest BCUT2D eigenvalue weighted by Gasteiger charge is -2.42. The SMILES string of the molecule is COc1cc(N2CCC(N3CCN(C)CC3)CC2)ccc1Nc1ncc(Cl)c(Nc2ncc(P(C)(C)=O)nc2OC)n1. The maximum Gasteiger partial charge on any atom is 0.258 e. The summed E-state index contributed by atoms with van der Waals surface area (Å²) in [6.45, 7) is 9.91. The van der Waals surface area contributed by atoms with Crippen LogP contribution < -0.4 is 30.4 Å². The number of aromatic nitrogens is 4. The summed E-state index contributed by atoms with van der Waals surface area (Å²) >= 11 is 6.40. The third-order valence-electron chi connectivity index (χ3n) is 7.77. The molecule has 5 rings (SSSR count). The van der Waals surface area contributed by atoms with Gasteiger partial charge in [-0.2, -0.15) is 4.98 Å². The van der Waals surface area contributed by atoms with E-state index in [1.807, 2.05) is 6.07 Å². The lowest BCUT2D eigenvalue weighted by atomic mass is 10.0. The maximum absolute atomic E-state index is 12.4. The predicted octanol–water partition coefficient (Wildman–Crippen LogP) is 3.89. The fourth-order valence-electron chi connectivity index (χ4n) is 5.25. The number of piperazine rings is 1. The molecule has 2 aromatic heterocycles. The predicted molar refractivity (Wildman–Crippen MR) is 169 cm³/mol. The highest BCUT2D eigenvalue weighted by atomic mass is 35.5. The van der Waals surface area contributed by atoms with Crippen molar-refractivity contribution in [1.82, 2.24) is 29.7 Å². The quantitative estimate of drug-likeness (QED) is 0.340. The fourth-order valence-corrected chi connectivity index (χ4v) is 6.06. The van der Waals surface area contributed by atoms with Crippen LogP contribution in [0, 0.1) is 0 Å². The molecule has 14 heteroatoms. The Balaban J connectivity index is 1.27. The van der Waals surface area contributed by atoms with Crippen LogP contribution in [-0.4, -0.2) is 110 Å². The summed E-state index contributed by atoms with van der Waals surface area (Å²) in [7, 11) is 2.71. The van der Waals surface area contributed by atoms with Crippen LogP contribution in [0.2, 0.25) is 5.02 Å². The van der Waals surface area contributed by atoms with Crippen molar-refractivity contribution >= 4 is 53.1 Å². The molecule has 0 saturated carbocycles. The van der Waals surface area contributed by atoms with Crippen LogP contribution in [0.3, 0.4) is 0 Å². The van der Waals surface area contributed by atoms with E-state index in [1.54, 1.807) is 20.4 Å². The zero-order valence-corrected chi connectivity index (χ0v) is 26.5. The molecule has 2 fully saturated rings. The van der Waals surface area contributed by atoms with E-state index < -0.39 is 7.14 Å². The normalized spacial score (nSPS) is 17.2. The van der Waals surface area contributed by atoms with Crippen LogP contribution in [0.15, 0.2) is 30.6 Å². The van der Waals surface area contributed by atoms with Crippen molar-refractivity contribution in [2.75, 3.05) is 89.4 Å². The van der Waals surface area contributed by atoms with E-state index in [0.717, 1.165) is 63.5 Å². The minimum atomic E-state index is -2.61. The van der Waals surface area contributed by atoms with Gasteiger partial charge >= 0.3 is 0 Å². The van der Waals surface area contributed by atoms with E-state index in [2.05, 4.69) is 64.4 Å². The van der Waals surface area contributed by atoms with Crippen LogP contribution >= 0.6 is 18.7 Å². The standard InChI is InChI=1S/C28H39ClN9O3P/c1-36-12-14-38(15-13-36)19-8-10-37(11-9-19)20-6-7-22(23(16-20)40-2)32-28-31-17-21(29)25(35-28)34-26-27(41-3)33-24(18-30-26)42(4,5)39/h6-7,16-19H,8-15H2,1-5H3,(H2,30,31,32,34,35). The van der Waals surface area contributed by atoms with E-state index in [1.165, 1.54) is 19.5 Å². The number of halogens is 1. The second-order valence-electron chi connectivity index (χ2n) is 11.0. The number of rotatable bonds is 9. The van der Waals surface area contributed by atoms with Gasteiger partial charge in [-0.05, 0) is 45.4 Å². The Hall–Kier alpha value is -3.18. The number of nitrogens with one attached hydrogen (secondary N) is 2. The zero-order valence-electron chi connectivity index (χ0n) is 24.8. The Labute approximate surface area is 252 Å². The van der Waals surface area contributed by atoms with Crippen molar-refractivity contribution in [3.05, 3.63) is 35.6 Å². The van der Waals surface area contributed by atoms with Crippen molar-refractivity contribution in [2.24, 2.45) is 0 Å². The topological polar surface area (TPSA) is 121 Å². The largest absolute Gasteiger partial charge is 0.494 e. The summed E-state index contributed by atoms with van der Waals surface area (Å²) in [5, 5.41) is 6.58. The van der Waals surface area contributed by atoms with Crippen LogP contribution in [0.4, 0.5) is 29.0 Å². The summed E-state index contributed by atoms with van der Waals surface area (Å²) < 4.78 is 23.5. The van der Waals surface area contributed by atoms with Gasteiger partial charge in [0, 0.05) is 57.1 Å². The molecule has 2 aliphatic rings. The molecule has 42 heavy (non-hydrogen) atoms. The number of piperidine rings is 1. The van der Waals surface area contributed by atoms with Crippen molar-refractivity contribution in [2.45, 2.75) is 18.9 Å². The molecule has 3 aromatic rings. The van der Waals surface area contributed by atoms with Gasteiger partial charge in [0.05, 0.1) is 32.3 Å². The first-order chi connectivity index (χ1) is 20.1. The molecular weight excluding hydrogens is 577 g/mol. The highest BCUT2D eigenvalue weighted by molar-refractivity contribution is 7.69. The van der Waals surface area contributed by atoms with Crippen LogP contribution in [0.25, 0.3) is 0 Å². The molecule has 12 nitrogen and oxygen atoms in total. The average molecular weight is 616 g/mol. The van der Waals surface area contributed by atoms with E-state index >= 15 is 0 Å². The first kappa shape index (κ1) is 30.3. The number of likely N-dealkylation sites (N-methyl/N-ethyl adjacent to an activating group) is 1. The Morgan fingerprint density at radius 2 is 1.67 bits per heavy atom. The van der Waals surface area contributed by atoms with Gasteiger partial charge in [-0.25, -0.2) is 15.0 Å². The molecule has 1 aromatic carbocycles. The Bertz CT molecular complexity index is 1440. The number of hydrogen-bond donors (Lipinski definition) is 2. The van der Waals surface area contributed by atoms with Gasteiger partial charge < -0.3 is 34.5 Å². The summed E-state index contributed by atoms with van der Waals surface area (Å²) in [6.07, 6.45) is 5.27. The molecule has 4 heterocycles. The van der Waals surface area contributed by atoms with E-state index in [9.17, 15) is 4.57 Å². The maximum atomic E-state index is 12.4. The molecule has 2 saturated heterocycles. The Kier molecular flexibility index (Phi) is 9.37. The highest BCUT2D eigenvalue weighted by Gasteiger charge is 2.27. The number of methoxy groups -OCH3 is 2. The monoisotopic (exact) mass is 615 g/mol. The zero-order chi connectivity index (χ0) is 29.9. The molecule has 0 radical (unpaired) electrons. The molecular formula is C28H39ClN9O3P. The van der Waals surface area contributed by atoms with Crippen molar-refractivity contribution < 1.29 is 14.0 Å². The minimum absolute atomic E-state index is 0.186. The molecule has 0 amide bonds. The van der Waals surface area contributed by atoms with Gasteiger partial charge in [-0.3, -0.25) is 4.90 Å². The minimum Gasteiger partial charge on any atom is -0.494 e. The smallest absolute Gasteiger partial charge is 0.258 e. The van der Waals surface area contributed by atoms with Gasteiger partial charge in [0.25, 0.3) is 5.88 Å². The van der Waals surface area contributed by atoms with Gasteiger partial charge in [-0.15, -0.1) is 0 Å². The first-order valence-corrected chi connectivity index (χ1v) is 17.0. The van der Waals surface area contributed by atoms with Crippen LogP contribution in [0.5, 0.6) is 11.6 Å². The second kappa shape index (κ2) is 13.0. The molecule has 226 valence electrons. The molecule has 2 aliphatic heterocycles. The van der Waals surface area contributed by atoms with Gasteiger partial charge in [0.1, 0.15) is 23.3 Å². The van der Waals surface area contributed by atoms with E-state index in [0.29, 0.717) is 34.8 Å². The molecule has 0 bridgehead atoms. The summed E-state index contributed by atoms with van der Waals surface area (Å²) in [4.78, 5) is 25.0. The first-order valence-electron chi connectivity index (χ1n) is 14.0. The highest BCUT2D eigenvalue weighted by Crippen LogP contribution is 2.36. The number of anilines is 5. The van der Waals surface area contributed by atoms with Crippen molar-refractivity contribution in [1.29, 1.82) is 0 Å². The fraction of sp³-hybridized carbons (Fsp3) is 0.500. The lowest BCUT2D eigenvalue weighted by molar-refractivity contribution is 0.0982. The number of ether oxygens (including phenoxy) is 2. The molecule has 0 spiro atoms. The number of benzene rings is 1. The van der Waals surface area contributed by atoms with Crippen molar-refractivity contribution in [3.8, 4) is 11.6 Å². The number of hydrogen-bond acceptors (Lipinski definition) is 12. The summed E-state index contributed by atoms with van der Waals surface area (Å²) in [6, 6.07) is 6.78. The van der Waals surface area contributed by atoms with E-state index in [4.69, 9.17) is 21.1 Å². The summed E-state index contributed by atoms with van der Waals surface area (Å²) in [5.41, 5.74) is 2.23. The van der Waals surface area contributed by atoms with Gasteiger partial charge in [-0.1, -0.05) is 11.6 Å². The molecule has 2 N–H and O–H groups in total. The third-order valence-corrected chi connectivity index (χ3v) is 9.36. The van der Waals surface area contributed by atoms with Crippen LogP contribution in [0.1, 0.15) is 12.8 Å². The number of nitrogens with zero attached hydrogens (tertiary/aromatic N) is 7. The second-order valence-corrected chi connectivity index (χ2v) is 14.6. The van der Waals surface area contributed by atoms with Crippen LogP contribution in [-0.2, 0) is 4.57 Å². The Morgan fingerprint density at radius 3 is 2.33 bits per heavy atom. The summed E-state index contributed by atoms with van der Waals surface area (Å²) in [5.74, 6) is 1.79. The third kappa shape index (κ3) is 7.06. The lowest BCUT2D eigenvalue weighted by Crippen LogP contribution is -2.52. The van der Waals surface area contributed by atoms with E-state index in [-0.39, 0.29) is 10.9 Å². The molecule has 0 aliphatic carbocycles. The molecule has 0 unspecified atom stereocenters. The average Bonchev–Trinajstić information content (AvgIpc) is 2.99.